The van der Waals surface area contributed by atoms with Gasteiger partial charge in [-0.3, -0.25) is 4.79 Å². The number of piperazine rings is 1. The molecular weight excluding hydrogens is 356 g/mol. The van der Waals surface area contributed by atoms with Crippen LogP contribution in [0.1, 0.15) is 21.5 Å². The van der Waals surface area contributed by atoms with Crippen molar-refractivity contribution >= 4 is 17.6 Å². The lowest BCUT2D eigenvalue weighted by Crippen LogP contribution is -2.49. The maximum Gasteiger partial charge on any atom is 0.338 e. The fraction of sp³-hybridized carbons (Fsp3) is 0.364. The van der Waals surface area contributed by atoms with Crippen molar-refractivity contribution in [3.05, 3.63) is 59.2 Å². The number of benzene rings is 2. The van der Waals surface area contributed by atoms with Gasteiger partial charge in [0.05, 0.1) is 12.7 Å². The zero-order chi connectivity index (χ0) is 20.1. The standard InChI is InChI=1S/C22H26N2O4/c1-16-4-9-20(17(2)14-16)22(26)28-15-21(25)24-12-10-23(11-13-24)18-5-7-19(27-3)8-6-18/h4-9,14H,10-13,15H2,1-3H3. The number of hydrogen-bond donors (Lipinski definition) is 0. The maximum atomic E-state index is 12.4. The number of hydrogen-bond acceptors (Lipinski definition) is 5. The van der Waals surface area contributed by atoms with Crippen LogP contribution in [0.5, 0.6) is 5.75 Å². The number of rotatable bonds is 5. The van der Waals surface area contributed by atoms with Gasteiger partial charge >= 0.3 is 5.97 Å². The normalized spacial score (nSPS) is 14.0. The lowest BCUT2D eigenvalue weighted by atomic mass is 10.1. The highest BCUT2D eigenvalue weighted by atomic mass is 16.5. The second-order valence-corrected chi connectivity index (χ2v) is 6.96. The van der Waals surface area contributed by atoms with Crippen LogP contribution in [0.2, 0.25) is 0 Å². The van der Waals surface area contributed by atoms with Crippen molar-refractivity contribution in [3.63, 3.8) is 0 Å². The van der Waals surface area contributed by atoms with Gasteiger partial charge in [-0.25, -0.2) is 4.79 Å². The van der Waals surface area contributed by atoms with Crippen LogP contribution >= 0.6 is 0 Å². The molecule has 1 heterocycles. The third-order valence-corrected chi connectivity index (χ3v) is 5.00. The van der Waals surface area contributed by atoms with Gasteiger partial charge in [0.25, 0.3) is 5.91 Å². The molecule has 0 saturated carbocycles. The van der Waals surface area contributed by atoms with Crippen LogP contribution in [0.25, 0.3) is 0 Å². The smallest absolute Gasteiger partial charge is 0.338 e. The first-order chi connectivity index (χ1) is 13.5. The van der Waals surface area contributed by atoms with E-state index in [0.29, 0.717) is 18.7 Å². The van der Waals surface area contributed by atoms with E-state index in [1.165, 1.54) is 0 Å². The minimum absolute atomic E-state index is 0.160. The first-order valence-electron chi connectivity index (χ1n) is 9.39. The van der Waals surface area contributed by atoms with Gasteiger partial charge in [0.1, 0.15) is 5.75 Å². The Labute approximate surface area is 165 Å². The third kappa shape index (κ3) is 4.63. The number of anilines is 1. The molecule has 148 valence electrons. The van der Waals surface area contributed by atoms with Gasteiger partial charge in [-0.05, 0) is 49.7 Å². The number of esters is 1. The minimum Gasteiger partial charge on any atom is -0.497 e. The average molecular weight is 382 g/mol. The second-order valence-electron chi connectivity index (χ2n) is 6.96. The van der Waals surface area contributed by atoms with E-state index in [4.69, 9.17) is 9.47 Å². The molecule has 0 bridgehead atoms. The van der Waals surface area contributed by atoms with Crippen molar-refractivity contribution in [1.82, 2.24) is 4.90 Å². The highest BCUT2D eigenvalue weighted by molar-refractivity contribution is 5.92. The van der Waals surface area contributed by atoms with Crippen molar-refractivity contribution in [2.45, 2.75) is 13.8 Å². The summed E-state index contributed by atoms with van der Waals surface area (Å²) in [5.74, 6) is 0.207. The van der Waals surface area contributed by atoms with Crippen molar-refractivity contribution in [2.24, 2.45) is 0 Å². The molecule has 2 aromatic rings. The molecule has 6 heteroatoms. The average Bonchev–Trinajstić information content (AvgIpc) is 2.72. The van der Waals surface area contributed by atoms with Gasteiger partial charge in [-0.15, -0.1) is 0 Å². The number of amides is 1. The Morgan fingerprint density at radius 3 is 2.25 bits per heavy atom. The molecule has 1 fully saturated rings. The van der Waals surface area contributed by atoms with Crippen LogP contribution in [-0.4, -0.2) is 56.7 Å². The zero-order valence-corrected chi connectivity index (χ0v) is 16.6. The Morgan fingerprint density at radius 1 is 0.964 bits per heavy atom. The van der Waals surface area contributed by atoms with Gasteiger partial charge in [-0.2, -0.15) is 0 Å². The number of nitrogens with zero attached hydrogens (tertiary/aromatic N) is 2. The molecule has 0 atom stereocenters. The molecule has 0 radical (unpaired) electrons. The molecule has 6 nitrogen and oxygen atoms in total. The molecule has 1 aliphatic rings. The monoisotopic (exact) mass is 382 g/mol. The van der Waals surface area contributed by atoms with Crippen LogP contribution in [0, 0.1) is 13.8 Å². The summed E-state index contributed by atoms with van der Waals surface area (Å²) < 4.78 is 10.4. The van der Waals surface area contributed by atoms with Crippen molar-refractivity contribution < 1.29 is 19.1 Å². The summed E-state index contributed by atoms with van der Waals surface area (Å²) in [7, 11) is 1.65. The van der Waals surface area contributed by atoms with E-state index in [9.17, 15) is 9.59 Å². The lowest BCUT2D eigenvalue weighted by molar-refractivity contribution is -0.134. The van der Waals surface area contributed by atoms with Crippen molar-refractivity contribution in [1.29, 1.82) is 0 Å². The van der Waals surface area contributed by atoms with Crippen LogP contribution in [0.3, 0.4) is 0 Å². The van der Waals surface area contributed by atoms with Crippen molar-refractivity contribution in [2.75, 3.05) is 44.8 Å². The van der Waals surface area contributed by atoms with E-state index in [1.54, 1.807) is 18.1 Å². The molecule has 0 N–H and O–H groups in total. The molecule has 1 amide bonds. The number of carbonyl (C=O) groups excluding carboxylic acids is 2. The van der Waals surface area contributed by atoms with E-state index < -0.39 is 5.97 Å². The highest BCUT2D eigenvalue weighted by Gasteiger charge is 2.22. The summed E-state index contributed by atoms with van der Waals surface area (Å²) in [6.45, 7) is 6.29. The molecule has 1 saturated heterocycles. The fourth-order valence-corrected chi connectivity index (χ4v) is 3.35. The Kier molecular flexibility index (Phi) is 6.19. The molecule has 0 aliphatic carbocycles. The second kappa shape index (κ2) is 8.78. The molecular formula is C22H26N2O4. The van der Waals surface area contributed by atoms with Crippen LogP contribution < -0.4 is 9.64 Å². The molecule has 0 spiro atoms. The predicted molar refractivity (Wildman–Crippen MR) is 108 cm³/mol. The van der Waals surface area contributed by atoms with Crippen LogP contribution in [0.4, 0.5) is 5.69 Å². The topological polar surface area (TPSA) is 59.1 Å². The number of ether oxygens (including phenoxy) is 2. The largest absolute Gasteiger partial charge is 0.497 e. The first-order valence-corrected chi connectivity index (χ1v) is 9.39. The Balaban J connectivity index is 1.49. The minimum atomic E-state index is -0.456. The fourth-order valence-electron chi connectivity index (χ4n) is 3.35. The van der Waals surface area contributed by atoms with Gasteiger partial charge in [0, 0.05) is 31.9 Å². The van der Waals surface area contributed by atoms with Crippen LogP contribution in [0.15, 0.2) is 42.5 Å². The molecule has 28 heavy (non-hydrogen) atoms. The Morgan fingerprint density at radius 2 is 1.64 bits per heavy atom. The van der Waals surface area contributed by atoms with Gasteiger partial charge in [0.15, 0.2) is 6.61 Å². The summed E-state index contributed by atoms with van der Waals surface area (Å²) in [5.41, 5.74) is 3.54. The Bertz CT molecular complexity index is 840. The number of methoxy groups -OCH3 is 1. The van der Waals surface area contributed by atoms with Crippen LogP contribution in [-0.2, 0) is 9.53 Å². The van der Waals surface area contributed by atoms with E-state index in [0.717, 1.165) is 35.7 Å². The van der Waals surface area contributed by atoms with Gasteiger partial charge in [0.2, 0.25) is 0 Å². The number of aryl methyl sites for hydroxylation is 2. The Hall–Kier alpha value is -3.02. The SMILES string of the molecule is COc1ccc(N2CCN(C(=O)COC(=O)c3ccc(C)cc3C)CC2)cc1. The van der Waals surface area contributed by atoms with E-state index >= 15 is 0 Å². The highest BCUT2D eigenvalue weighted by Crippen LogP contribution is 2.20. The summed E-state index contributed by atoms with van der Waals surface area (Å²) in [6, 6.07) is 13.4. The summed E-state index contributed by atoms with van der Waals surface area (Å²) in [5, 5.41) is 0. The molecule has 0 unspecified atom stereocenters. The molecule has 3 rings (SSSR count). The molecule has 0 aromatic heterocycles. The van der Waals surface area contributed by atoms with E-state index in [1.807, 2.05) is 50.2 Å². The van der Waals surface area contributed by atoms with E-state index in [2.05, 4.69) is 4.90 Å². The van der Waals surface area contributed by atoms with E-state index in [-0.39, 0.29) is 12.5 Å². The van der Waals surface area contributed by atoms with Gasteiger partial charge in [-0.1, -0.05) is 17.7 Å². The lowest BCUT2D eigenvalue weighted by Gasteiger charge is -2.36. The zero-order valence-electron chi connectivity index (χ0n) is 16.6. The maximum absolute atomic E-state index is 12.4. The predicted octanol–water partition coefficient (Wildman–Crippen LogP) is 2.82. The molecule has 2 aromatic carbocycles. The summed E-state index contributed by atoms with van der Waals surface area (Å²) in [4.78, 5) is 28.6. The van der Waals surface area contributed by atoms with Gasteiger partial charge < -0.3 is 19.3 Å². The quantitative estimate of drug-likeness (QED) is 0.745. The number of carbonyl (C=O) groups is 2. The molecule has 1 aliphatic heterocycles. The summed E-state index contributed by atoms with van der Waals surface area (Å²) in [6.07, 6.45) is 0. The van der Waals surface area contributed by atoms with Crippen molar-refractivity contribution in [3.8, 4) is 5.75 Å². The first kappa shape index (κ1) is 19.7. The third-order valence-electron chi connectivity index (χ3n) is 5.00. The summed E-state index contributed by atoms with van der Waals surface area (Å²) >= 11 is 0.